The molecule has 21 heavy (non-hydrogen) atoms. The lowest BCUT2D eigenvalue weighted by Crippen LogP contribution is -2.15. The molecule has 0 aromatic heterocycles. The van der Waals surface area contributed by atoms with Crippen molar-refractivity contribution in [1.29, 1.82) is 0 Å². The van der Waals surface area contributed by atoms with Crippen LogP contribution in [0.2, 0.25) is 0 Å². The number of nitrogens with zero attached hydrogens (tertiary/aromatic N) is 1. The Morgan fingerprint density at radius 1 is 1.05 bits per heavy atom. The predicted molar refractivity (Wildman–Crippen MR) is 89.4 cm³/mol. The number of carbonyl (C=O) groups is 1. The Bertz CT molecular complexity index is 650. The van der Waals surface area contributed by atoms with Gasteiger partial charge in [-0.25, -0.2) is 0 Å². The molecule has 0 aliphatic rings. The first kappa shape index (κ1) is 14.9. The maximum Gasteiger partial charge on any atom is 0.257 e. The Morgan fingerprint density at radius 3 is 2.38 bits per heavy atom. The van der Waals surface area contributed by atoms with Gasteiger partial charge in [0.15, 0.2) is 0 Å². The lowest BCUT2D eigenvalue weighted by molar-refractivity contribution is 0.102. The molecule has 0 atom stereocenters. The van der Waals surface area contributed by atoms with Crippen LogP contribution in [0, 0.1) is 6.92 Å². The molecule has 2 N–H and O–H groups in total. The van der Waals surface area contributed by atoms with Gasteiger partial charge < -0.3 is 15.5 Å². The van der Waals surface area contributed by atoms with Gasteiger partial charge in [0, 0.05) is 38.2 Å². The van der Waals surface area contributed by atoms with Gasteiger partial charge in [0.2, 0.25) is 0 Å². The number of carbonyl (C=O) groups excluding carboxylic acids is 1. The molecule has 0 heterocycles. The van der Waals surface area contributed by atoms with Crippen LogP contribution in [0.4, 0.5) is 17.1 Å². The molecule has 2 aromatic carbocycles. The quantitative estimate of drug-likeness (QED) is 0.904. The van der Waals surface area contributed by atoms with Gasteiger partial charge >= 0.3 is 0 Å². The average molecular weight is 283 g/mol. The summed E-state index contributed by atoms with van der Waals surface area (Å²) in [7, 11) is 5.80. The fourth-order valence-corrected chi connectivity index (χ4v) is 2.16. The molecule has 0 aliphatic carbocycles. The number of para-hydroxylation sites is 1. The van der Waals surface area contributed by atoms with Gasteiger partial charge in [0.1, 0.15) is 0 Å². The molecular formula is C17H21N3O. The van der Waals surface area contributed by atoms with Gasteiger partial charge in [0.05, 0.1) is 5.56 Å². The number of anilines is 3. The zero-order chi connectivity index (χ0) is 15.4. The molecule has 110 valence electrons. The molecule has 0 saturated carbocycles. The fourth-order valence-electron chi connectivity index (χ4n) is 2.16. The van der Waals surface area contributed by atoms with Crippen molar-refractivity contribution in [2.45, 2.75) is 6.92 Å². The van der Waals surface area contributed by atoms with Crippen molar-refractivity contribution in [2.24, 2.45) is 0 Å². The van der Waals surface area contributed by atoms with Crippen LogP contribution in [-0.4, -0.2) is 27.1 Å². The van der Waals surface area contributed by atoms with E-state index < -0.39 is 0 Å². The zero-order valence-corrected chi connectivity index (χ0v) is 12.9. The minimum Gasteiger partial charge on any atom is -0.387 e. The SMILES string of the molecule is CNc1ccccc1C(=O)Nc1ccc(N(C)C)cc1C. The Kier molecular flexibility index (Phi) is 4.48. The Hall–Kier alpha value is -2.49. The van der Waals surface area contributed by atoms with Gasteiger partial charge in [-0.1, -0.05) is 12.1 Å². The van der Waals surface area contributed by atoms with E-state index in [1.807, 2.05) is 69.4 Å². The highest BCUT2D eigenvalue weighted by Gasteiger charge is 2.11. The minimum absolute atomic E-state index is 0.111. The summed E-state index contributed by atoms with van der Waals surface area (Å²) in [5.41, 5.74) is 4.43. The van der Waals surface area contributed by atoms with Crippen molar-refractivity contribution in [2.75, 3.05) is 36.7 Å². The van der Waals surface area contributed by atoms with Crippen molar-refractivity contribution >= 4 is 23.0 Å². The maximum atomic E-state index is 12.4. The van der Waals surface area contributed by atoms with Crippen molar-refractivity contribution in [3.05, 3.63) is 53.6 Å². The Labute approximate surface area is 125 Å². The number of hydrogen-bond acceptors (Lipinski definition) is 3. The first-order valence-corrected chi connectivity index (χ1v) is 6.89. The van der Waals surface area contributed by atoms with Crippen LogP contribution >= 0.6 is 0 Å². The highest BCUT2D eigenvalue weighted by molar-refractivity contribution is 6.08. The van der Waals surface area contributed by atoms with Crippen LogP contribution in [0.5, 0.6) is 0 Å². The van der Waals surface area contributed by atoms with Gasteiger partial charge in [0.25, 0.3) is 5.91 Å². The molecule has 0 saturated heterocycles. The Morgan fingerprint density at radius 2 is 1.76 bits per heavy atom. The molecular weight excluding hydrogens is 262 g/mol. The monoisotopic (exact) mass is 283 g/mol. The molecule has 0 spiro atoms. The first-order valence-electron chi connectivity index (χ1n) is 6.89. The molecule has 0 unspecified atom stereocenters. The van der Waals surface area contributed by atoms with Crippen LogP contribution in [-0.2, 0) is 0 Å². The van der Waals surface area contributed by atoms with Crippen LogP contribution in [0.15, 0.2) is 42.5 Å². The summed E-state index contributed by atoms with van der Waals surface area (Å²) in [6, 6.07) is 13.4. The lowest BCUT2D eigenvalue weighted by atomic mass is 10.1. The minimum atomic E-state index is -0.111. The topological polar surface area (TPSA) is 44.4 Å². The summed E-state index contributed by atoms with van der Waals surface area (Å²) < 4.78 is 0. The summed E-state index contributed by atoms with van der Waals surface area (Å²) in [5, 5.41) is 6.00. The van der Waals surface area contributed by atoms with Crippen molar-refractivity contribution in [3.63, 3.8) is 0 Å². The number of aryl methyl sites for hydroxylation is 1. The van der Waals surface area contributed by atoms with Crippen LogP contribution in [0.1, 0.15) is 15.9 Å². The van der Waals surface area contributed by atoms with Gasteiger partial charge in [-0.2, -0.15) is 0 Å². The van der Waals surface area contributed by atoms with Gasteiger partial charge in [-0.3, -0.25) is 4.79 Å². The summed E-state index contributed by atoms with van der Waals surface area (Å²) in [6.07, 6.45) is 0. The summed E-state index contributed by atoms with van der Waals surface area (Å²) in [4.78, 5) is 14.4. The van der Waals surface area contributed by atoms with E-state index in [9.17, 15) is 4.79 Å². The molecule has 2 rings (SSSR count). The highest BCUT2D eigenvalue weighted by Crippen LogP contribution is 2.23. The van der Waals surface area contributed by atoms with E-state index in [2.05, 4.69) is 16.7 Å². The fraction of sp³-hybridized carbons (Fsp3) is 0.235. The normalized spacial score (nSPS) is 10.1. The smallest absolute Gasteiger partial charge is 0.257 e. The van der Waals surface area contributed by atoms with Crippen LogP contribution < -0.4 is 15.5 Å². The molecule has 0 radical (unpaired) electrons. The standard InChI is InChI=1S/C17H21N3O/c1-12-11-13(20(3)4)9-10-15(12)19-17(21)14-7-5-6-8-16(14)18-2/h5-11,18H,1-4H3,(H,19,21). The second kappa shape index (κ2) is 6.31. The van der Waals surface area contributed by atoms with Crippen molar-refractivity contribution in [3.8, 4) is 0 Å². The zero-order valence-electron chi connectivity index (χ0n) is 12.9. The second-order valence-corrected chi connectivity index (χ2v) is 5.14. The number of nitrogens with one attached hydrogen (secondary N) is 2. The molecule has 1 amide bonds. The molecule has 0 fully saturated rings. The number of hydrogen-bond donors (Lipinski definition) is 2. The van der Waals surface area contributed by atoms with E-state index in [0.29, 0.717) is 5.56 Å². The van der Waals surface area contributed by atoms with Gasteiger partial charge in [-0.15, -0.1) is 0 Å². The highest BCUT2D eigenvalue weighted by atomic mass is 16.1. The van der Waals surface area contributed by atoms with Crippen molar-refractivity contribution in [1.82, 2.24) is 0 Å². The lowest BCUT2D eigenvalue weighted by Gasteiger charge is -2.16. The number of amides is 1. The van der Waals surface area contributed by atoms with E-state index in [4.69, 9.17) is 0 Å². The second-order valence-electron chi connectivity index (χ2n) is 5.14. The van der Waals surface area contributed by atoms with Crippen molar-refractivity contribution < 1.29 is 4.79 Å². The third-order valence-electron chi connectivity index (χ3n) is 3.42. The van der Waals surface area contributed by atoms with E-state index in [1.54, 1.807) is 0 Å². The summed E-state index contributed by atoms with van der Waals surface area (Å²) in [6.45, 7) is 1.99. The summed E-state index contributed by atoms with van der Waals surface area (Å²) in [5.74, 6) is -0.111. The third-order valence-corrected chi connectivity index (χ3v) is 3.42. The summed E-state index contributed by atoms with van der Waals surface area (Å²) >= 11 is 0. The molecule has 4 nitrogen and oxygen atoms in total. The molecule has 4 heteroatoms. The molecule has 0 aliphatic heterocycles. The van der Waals surface area contributed by atoms with E-state index >= 15 is 0 Å². The molecule has 2 aromatic rings. The Balaban J connectivity index is 2.24. The van der Waals surface area contributed by atoms with Gasteiger partial charge in [-0.05, 0) is 42.8 Å². The number of benzene rings is 2. The molecule has 0 bridgehead atoms. The van der Waals surface area contributed by atoms with E-state index in [1.165, 1.54) is 0 Å². The average Bonchev–Trinajstić information content (AvgIpc) is 2.48. The van der Waals surface area contributed by atoms with E-state index in [0.717, 1.165) is 22.6 Å². The first-order chi connectivity index (χ1) is 10.0. The maximum absolute atomic E-state index is 12.4. The predicted octanol–water partition coefficient (Wildman–Crippen LogP) is 3.36. The number of rotatable bonds is 4. The van der Waals surface area contributed by atoms with Crippen LogP contribution in [0.3, 0.4) is 0 Å². The third kappa shape index (κ3) is 3.34. The largest absolute Gasteiger partial charge is 0.387 e. The van der Waals surface area contributed by atoms with Crippen LogP contribution in [0.25, 0.3) is 0 Å². The van der Waals surface area contributed by atoms with E-state index in [-0.39, 0.29) is 5.91 Å².